The zero-order valence-electron chi connectivity index (χ0n) is 6.43. The van der Waals surface area contributed by atoms with Crippen LogP contribution >= 0.6 is 11.3 Å². The third-order valence-corrected chi connectivity index (χ3v) is 3.10. The number of sulfonamides is 1. The van der Waals surface area contributed by atoms with Gasteiger partial charge in [-0.2, -0.15) is 0 Å². The number of rotatable bonds is 2. The SMILES string of the molecule is NS(=O)(=O)Cc1noc2ccsc12. The Kier molecular flexibility index (Phi) is 1.86. The van der Waals surface area contributed by atoms with Crippen LogP contribution in [0.5, 0.6) is 0 Å². The second-order valence-corrected chi connectivity index (χ2v) is 5.08. The highest BCUT2D eigenvalue weighted by atomic mass is 32.2. The fourth-order valence-corrected chi connectivity index (χ4v) is 2.47. The lowest BCUT2D eigenvalue weighted by atomic mass is 10.4. The molecule has 0 spiro atoms. The highest BCUT2D eigenvalue weighted by Crippen LogP contribution is 2.24. The van der Waals surface area contributed by atoms with E-state index in [9.17, 15) is 8.42 Å². The molecule has 70 valence electrons. The zero-order chi connectivity index (χ0) is 9.47. The number of primary sulfonamides is 1. The van der Waals surface area contributed by atoms with Crippen molar-refractivity contribution < 1.29 is 12.9 Å². The maximum atomic E-state index is 10.8. The van der Waals surface area contributed by atoms with Gasteiger partial charge in [-0.15, -0.1) is 11.3 Å². The normalized spacial score (nSPS) is 12.4. The van der Waals surface area contributed by atoms with Crippen molar-refractivity contribution >= 4 is 31.6 Å². The zero-order valence-corrected chi connectivity index (χ0v) is 8.06. The number of hydrogen-bond donors (Lipinski definition) is 1. The van der Waals surface area contributed by atoms with Gasteiger partial charge >= 0.3 is 0 Å². The van der Waals surface area contributed by atoms with Gasteiger partial charge in [0.2, 0.25) is 10.0 Å². The number of fused-ring (bicyclic) bond motifs is 1. The average molecular weight is 218 g/mol. The van der Waals surface area contributed by atoms with Gasteiger partial charge in [-0.25, -0.2) is 13.6 Å². The molecular formula is C6H6N2O3S2. The van der Waals surface area contributed by atoms with E-state index in [2.05, 4.69) is 5.16 Å². The fraction of sp³-hybridized carbons (Fsp3) is 0.167. The number of nitrogens with two attached hydrogens (primary N) is 1. The third-order valence-electron chi connectivity index (χ3n) is 1.48. The topological polar surface area (TPSA) is 86.2 Å². The molecule has 0 bridgehead atoms. The Morgan fingerprint density at radius 2 is 2.38 bits per heavy atom. The number of hydrogen-bond acceptors (Lipinski definition) is 5. The molecule has 0 aliphatic rings. The molecule has 13 heavy (non-hydrogen) atoms. The average Bonchev–Trinajstić information content (AvgIpc) is 2.50. The van der Waals surface area contributed by atoms with Crippen LogP contribution in [0.25, 0.3) is 10.3 Å². The van der Waals surface area contributed by atoms with Crippen molar-refractivity contribution in [2.24, 2.45) is 5.14 Å². The van der Waals surface area contributed by atoms with Crippen molar-refractivity contribution in [3.05, 3.63) is 17.1 Å². The van der Waals surface area contributed by atoms with Crippen LogP contribution in [0.1, 0.15) is 5.69 Å². The quantitative estimate of drug-likeness (QED) is 0.803. The van der Waals surface area contributed by atoms with Gasteiger partial charge in [0.15, 0.2) is 5.58 Å². The Morgan fingerprint density at radius 3 is 3.08 bits per heavy atom. The van der Waals surface area contributed by atoms with Crippen LogP contribution in [-0.2, 0) is 15.8 Å². The number of nitrogens with zero attached hydrogens (tertiary/aromatic N) is 1. The van der Waals surface area contributed by atoms with E-state index in [0.717, 1.165) is 4.70 Å². The number of thiophene rings is 1. The van der Waals surface area contributed by atoms with Crippen LogP contribution in [0.15, 0.2) is 16.0 Å². The highest BCUT2D eigenvalue weighted by Gasteiger charge is 2.14. The summed E-state index contributed by atoms with van der Waals surface area (Å²) in [6.07, 6.45) is 0. The molecule has 0 aliphatic heterocycles. The summed E-state index contributed by atoms with van der Waals surface area (Å²) >= 11 is 1.39. The maximum absolute atomic E-state index is 10.8. The summed E-state index contributed by atoms with van der Waals surface area (Å²) < 4.78 is 27.1. The van der Waals surface area contributed by atoms with Gasteiger partial charge in [0.25, 0.3) is 0 Å². The van der Waals surface area contributed by atoms with Crippen molar-refractivity contribution in [3.8, 4) is 0 Å². The Labute approximate surface area is 78.2 Å². The van der Waals surface area contributed by atoms with Gasteiger partial charge in [0.1, 0.15) is 11.4 Å². The van der Waals surface area contributed by atoms with Gasteiger partial charge in [-0.3, -0.25) is 0 Å². The molecule has 2 heterocycles. The molecule has 0 radical (unpaired) electrons. The van der Waals surface area contributed by atoms with Crippen LogP contribution in [0.2, 0.25) is 0 Å². The Balaban J connectivity index is 2.50. The predicted octanol–water partition coefficient (Wildman–Crippen LogP) is 0.678. The predicted molar refractivity (Wildman–Crippen MR) is 48.7 cm³/mol. The van der Waals surface area contributed by atoms with Crippen molar-refractivity contribution in [1.29, 1.82) is 0 Å². The van der Waals surface area contributed by atoms with Crippen LogP contribution in [-0.4, -0.2) is 13.6 Å². The van der Waals surface area contributed by atoms with E-state index in [1.807, 2.05) is 5.38 Å². The minimum atomic E-state index is -3.53. The van der Waals surface area contributed by atoms with E-state index in [0.29, 0.717) is 11.3 Å². The first kappa shape index (κ1) is 8.67. The first-order valence-electron chi connectivity index (χ1n) is 3.38. The van der Waals surface area contributed by atoms with Gasteiger partial charge in [-0.1, -0.05) is 5.16 Å². The number of aromatic nitrogens is 1. The van der Waals surface area contributed by atoms with Gasteiger partial charge in [0.05, 0.1) is 4.70 Å². The summed E-state index contributed by atoms with van der Waals surface area (Å²) in [5.41, 5.74) is 0.983. The summed E-state index contributed by atoms with van der Waals surface area (Å²) in [4.78, 5) is 0. The van der Waals surface area contributed by atoms with E-state index < -0.39 is 10.0 Å². The molecule has 0 saturated carbocycles. The minimum Gasteiger partial charge on any atom is -0.355 e. The lowest BCUT2D eigenvalue weighted by Gasteiger charge is -1.90. The van der Waals surface area contributed by atoms with E-state index in [1.54, 1.807) is 6.07 Å². The summed E-state index contributed by atoms with van der Waals surface area (Å²) in [6, 6.07) is 1.74. The highest BCUT2D eigenvalue weighted by molar-refractivity contribution is 7.88. The summed E-state index contributed by atoms with van der Waals surface area (Å²) in [5, 5.41) is 10.3. The van der Waals surface area contributed by atoms with Crippen molar-refractivity contribution in [1.82, 2.24) is 5.16 Å². The van der Waals surface area contributed by atoms with E-state index in [1.165, 1.54) is 11.3 Å². The molecule has 2 N–H and O–H groups in total. The van der Waals surface area contributed by atoms with Gasteiger partial charge in [-0.05, 0) is 11.4 Å². The Morgan fingerprint density at radius 1 is 1.62 bits per heavy atom. The molecule has 0 aliphatic carbocycles. The molecule has 5 nitrogen and oxygen atoms in total. The van der Waals surface area contributed by atoms with Crippen LogP contribution in [0.4, 0.5) is 0 Å². The molecule has 0 atom stereocenters. The van der Waals surface area contributed by atoms with Crippen LogP contribution in [0.3, 0.4) is 0 Å². The molecule has 0 saturated heterocycles. The van der Waals surface area contributed by atoms with E-state index >= 15 is 0 Å². The van der Waals surface area contributed by atoms with Crippen molar-refractivity contribution in [3.63, 3.8) is 0 Å². The molecule has 2 rings (SSSR count). The van der Waals surface area contributed by atoms with Crippen LogP contribution in [0, 0.1) is 0 Å². The maximum Gasteiger partial charge on any atom is 0.215 e. The molecule has 0 aromatic carbocycles. The van der Waals surface area contributed by atoms with E-state index in [4.69, 9.17) is 9.66 Å². The second kappa shape index (κ2) is 2.79. The fourth-order valence-electron chi connectivity index (χ4n) is 1.01. The minimum absolute atomic E-state index is 0.277. The first-order chi connectivity index (χ1) is 6.06. The van der Waals surface area contributed by atoms with Crippen molar-refractivity contribution in [2.45, 2.75) is 5.75 Å². The molecule has 0 amide bonds. The molecule has 7 heteroatoms. The van der Waals surface area contributed by atoms with Crippen LogP contribution < -0.4 is 5.14 Å². The van der Waals surface area contributed by atoms with E-state index in [-0.39, 0.29) is 5.75 Å². The molecular weight excluding hydrogens is 212 g/mol. The standard InChI is InChI=1S/C6H6N2O3S2/c7-13(9,10)3-4-6-5(11-8-4)1-2-12-6/h1-2H,3H2,(H2,7,9,10). The summed E-state index contributed by atoms with van der Waals surface area (Å²) in [6.45, 7) is 0. The Hall–Kier alpha value is -0.920. The monoisotopic (exact) mass is 218 g/mol. The van der Waals surface area contributed by atoms with Gasteiger partial charge < -0.3 is 4.52 Å². The summed E-state index contributed by atoms with van der Waals surface area (Å²) in [5.74, 6) is -0.277. The van der Waals surface area contributed by atoms with Crippen molar-refractivity contribution in [2.75, 3.05) is 0 Å². The molecule has 0 fully saturated rings. The lowest BCUT2D eigenvalue weighted by molar-refractivity contribution is 0.448. The Bertz CT molecular complexity index is 525. The third kappa shape index (κ3) is 1.71. The molecule has 2 aromatic heterocycles. The summed E-state index contributed by atoms with van der Waals surface area (Å²) in [7, 11) is -3.53. The lowest BCUT2D eigenvalue weighted by Crippen LogP contribution is -2.14. The van der Waals surface area contributed by atoms with Gasteiger partial charge in [0, 0.05) is 0 Å². The smallest absolute Gasteiger partial charge is 0.215 e. The first-order valence-corrected chi connectivity index (χ1v) is 5.98. The second-order valence-electron chi connectivity index (χ2n) is 2.55. The molecule has 0 unspecified atom stereocenters. The largest absolute Gasteiger partial charge is 0.355 e. The molecule has 2 aromatic rings.